The summed E-state index contributed by atoms with van der Waals surface area (Å²) in [5, 5.41) is 19.9. The van der Waals surface area contributed by atoms with Crippen LogP contribution in [0.1, 0.15) is 10.4 Å². The second-order valence-corrected chi connectivity index (χ2v) is 2.96. The van der Waals surface area contributed by atoms with Gasteiger partial charge in [-0.2, -0.15) is 0 Å². The molecule has 16 heavy (non-hydrogen) atoms. The van der Waals surface area contributed by atoms with E-state index in [2.05, 4.69) is 5.32 Å². The van der Waals surface area contributed by atoms with Gasteiger partial charge >= 0.3 is 5.97 Å². The zero-order valence-electron chi connectivity index (χ0n) is 8.56. The SMILES string of the molecule is COc1cc(C(=O)NCC(=O)O)ccc1O. The molecule has 0 bridgehead atoms. The summed E-state index contributed by atoms with van der Waals surface area (Å²) in [5.41, 5.74) is 0.218. The summed E-state index contributed by atoms with van der Waals surface area (Å²) in [5.74, 6) is -1.60. The average molecular weight is 225 g/mol. The lowest BCUT2D eigenvalue weighted by molar-refractivity contribution is -0.135. The van der Waals surface area contributed by atoms with E-state index in [4.69, 9.17) is 9.84 Å². The van der Waals surface area contributed by atoms with Crippen molar-refractivity contribution in [1.82, 2.24) is 5.32 Å². The Labute approximate surface area is 91.5 Å². The molecule has 0 atom stereocenters. The van der Waals surface area contributed by atoms with Gasteiger partial charge in [0.15, 0.2) is 11.5 Å². The van der Waals surface area contributed by atoms with E-state index in [-0.39, 0.29) is 17.1 Å². The fraction of sp³-hybridized carbons (Fsp3) is 0.200. The zero-order valence-corrected chi connectivity index (χ0v) is 8.56. The van der Waals surface area contributed by atoms with Gasteiger partial charge in [-0.25, -0.2) is 0 Å². The van der Waals surface area contributed by atoms with Crippen molar-refractivity contribution in [2.24, 2.45) is 0 Å². The number of benzene rings is 1. The van der Waals surface area contributed by atoms with Crippen LogP contribution in [0.2, 0.25) is 0 Å². The van der Waals surface area contributed by atoms with Gasteiger partial charge < -0.3 is 20.3 Å². The maximum absolute atomic E-state index is 11.4. The first-order chi connectivity index (χ1) is 7.54. The minimum atomic E-state index is -1.13. The van der Waals surface area contributed by atoms with E-state index in [1.807, 2.05) is 0 Å². The van der Waals surface area contributed by atoms with Crippen LogP contribution in [0.25, 0.3) is 0 Å². The number of hydrogen-bond acceptors (Lipinski definition) is 4. The number of ether oxygens (including phenoxy) is 1. The molecule has 6 heteroatoms. The molecule has 0 saturated carbocycles. The Morgan fingerprint density at radius 3 is 2.69 bits per heavy atom. The van der Waals surface area contributed by atoms with Crippen molar-refractivity contribution in [3.05, 3.63) is 23.8 Å². The number of carboxylic acids is 1. The van der Waals surface area contributed by atoms with E-state index >= 15 is 0 Å². The minimum absolute atomic E-state index is 0.0858. The maximum Gasteiger partial charge on any atom is 0.322 e. The Hall–Kier alpha value is -2.24. The molecule has 0 unspecified atom stereocenters. The summed E-state index contributed by atoms with van der Waals surface area (Å²) >= 11 is 0. The van der Waals surface area contributed by atoms with Crippen molar-refractivity contribution in [3.63, 3.8) is 0 Å². The molecule has 6 nitrogen and oxygen atoms in total. The molecular weight excluding hydrogens is 214 g/mol. The van der Waals surface area contributed by atoms with Crippen molar-refractivity contribution in [2.75, 3.05) is 13.7 Å². The fourth-order valence-electron chi connectivity index (χ4n) is 1.08. The van der Waals surface area contributed by atoms with Gasteiger partial charge in [-0.1, -0.05) is 0 Å². The standard InChI is InChI=1S/C10H11NO5/c1-16-8-4-6(2-3-7(8)12)10(15)11-5-9(13)14/h2-4,12H,5H2,1H3,(H,11,15)(H,13,14). The lowest BCUT2D eigenvalue weighted by Crippen LogP contribution is -2.29. The quantitative estimate of drug-likeness (QED) is 0.681. The number of methoxy groups -OCH3 is 1. The third kappa shape index (κ3) is 2.88. The first-order valence-electron chi connectivity index (χ1n) is 4.41. The molecule has 0 heterocycles. The lowest BCUT2D eigenvalue weighted by atomic mass is 10.2. The topological polar surface area (TPSA) is 95.9 Å². The highest BCUT2D eigenvalue weighted by atomic mass is 16.5. The summed E-state index contributed by atoms with van der Waals surface area (Å²) < 4.78 is 4.82. The predicted molar refractivity (Wildman–Crippen MR) is 54.6 cm³/mol. The summed E-state index contributed by atoms with van der Waals surface area (Å²) in [6.07, 6.45) is 0. The predicted octanol–water partition coefficient (Wildman–Crippen LogP) is 0.215. The van der Waals surface area contributed by atoms with E-state index in [1.54, 1.807) is 0 Å². The summed E-state index contributed by atoms with van der Waals surface area (Å²) in [7, 11) is 1.36. The summed E-state index contributed by atoms with van der Waals surface area (Å²) in [6, 6.07) is 4.00. The lowest BCUT2D eigenvalue weighted by Gasteiger charge is -2.06. The molecule has 0 spiro atoms. The molecule has 0 aliphatic heterocycles. The number of rotatable bonds is 4. The Balaban J connectivity index is 2.80. The number of hydrogen-bond donors (Lipinski definition) is 3. The Bertz CT molecular complexity index is 416. The van der Waals surface area contributed by atoms with E-state index in [1.165, 1.54) is 25.3 Å². The Kier molecular flexibility index (Phi) is 3.71. The molecule has 0 aliphatic carbocycles. The number of amides is 1. The van der Waals surface area contributed by atoms with Gasteiger partial charge in [-0.05, 0) is 18.2 Å². The molecule has 0 aromatic heterocycles. The number of phenols is 1. The largest absolute Gasteiger partial charge is 0.504 e. The Morgan fingerprint density at radius 1 is 1.44 bits per heavy atom. The molecule has 1 rings (SSSR count). The van der Waals surface area contributed by atoms with E-state index in [0.29, 0.717) is 0 Å². The summed E-state index contributed by atoms with van der Waals surface area (Å²) in [4.78, 5) is 21.6. The summed E-state index contributed by atoms with van der Waals surface area (Å²) in [6.45, 7) is -0.456. The number of phenolic OH excluding ortho intramolecular Hbond substituents is 1. The average Bonchev–Trinajstić information content (AvgIpc) is 2.26. The number of aromatic hydroxyl groups is 1. The van der Waals surface area contributed by atoms with Crippen LogP contribution in [0.15, 0.2) is 18.2 Å². The highest BCUT2D eigenvalue weighted by Gasteiger charge is 2.10. The van der Waals surface area contributed by atoms with Gasteiger partial charge in [0.25, 0.3) is 5.91 Å². The van der Waals surface area contributed by atoms with Gasteiger partial charge in [-0.3, -0.25) is 9.59 Å². The van der Waals surface area contributed by atoms with Crippen LogP contribution in [0, 0.1) is 0 Å². The number of carbonyl (C=O) groups excluding carboxylic acids is 1. The van der Waals surface area contributed by atoms with Crippen LogP contribution in [-0.4, -0.2) is 35.7 Å². The van der Waals surface area contributed by atoms with E-state index in [9.17, 15) is 14.7 Å². The monoisotopic (exact) mass is 225 g/mol. The third-order valence-corrected chi connectivity index (χ3v) is 1.84. The van der Waals surface area contributed by atoms with Crippen molar-refractivity contribution >= 4 is 11.9 Å². The third-order valence-electron chi connectivity index (χ3n) is 1.84. The normalized spacial score (nSPS) is 9.56. The van der Waals surface area contributed by atoms with Gasteiger partial charge in [-0.15, -0.1) is 0 Å². The van der Waals surface area contributed by atoms with Crippen molar-refractivity contribution in [2.45, 2.75) is 0 Å². The van der Waals surface area contributed by atoms with Gasteiger partial charge in [0, 0.05) is 5.56 Å². The minimum Gasteiger partial charge on any atom is -0.504 e. The molecule has 1 amide bonds. The molecule has 0 saturated heterocycles. The van der Waals surface area contributed by atoms with E-state index in [0.717, 1.165) is 0 Å². The molecule has 0 aliphatic rings. The van der Waals surface area contributed by atoms with Gasteiger partial charge in [0.1, 0.15) is 6.54 Å². The molecular formula is C10H11NO5. The van der Waals surface area contributed by atoms with Crippen LogP contribution < -0.4 is 10.1 Å². The van der Waals surface area contributed by atoms with Crippen molar-refractivity contribution < 1.29 is 24.5 Å². The van der Waals surface area contributed by atoms with Crippen LogP contribution in [0.5, 0.6) is 11.5 Å². The van der Waals surface area contributed by atoms with Gasteiger partial charge in [0.05, 0.1) is 7.11 Å². The van der Waals surface area contributed by atoms with Crippen LogP contribution >= 0.6 is 0 Å². The number of carboxylic acid groups (broad SMARTS) is 1. The smallest absolute Gasteiger partial charge is 0.322 e. The Morgan fingerprint density at radius 2 is 2.12 bits per heavy atom. The van der Waals surface area contributed by atoms with Crippen molar-refractivity contribution in [1.29, 1.82) is 0 Å². The molecule has 1 aromatic rings. The van der Waals surface area contributed by atoms with Crippen LogP contribution in [0.3, 0.4) is 0 Å². The first-order valence-corrected chi connectivity index (χ1v) is 4.41. The zero-order chi connectivity index (χ0) is 12.1. The molecule has 3 N–H and O–H groups in total. The molecule has 0 fully saturated rings. The highest BCUT2D eigenvalue weighted by Crippen LogP contribution is 2.25. The number of carbonyl (C=O) groups is 2. The second-order valence-electron chi connectivity index (χ2n) is 2.96. The van der Waals surface area contributed by atoms with E-state index < -0.39 is 18.4 Å². The second kappa shape index (κ2) is 5.01. The van der Waals surface area contributed by atoms with Gasteiger partial charge in [0.2, 0.25) is 0 Å². The van der Waals surface area contributed by atoms with Crippen LogP contribution in [-0.2, 0) is 4.79 Å². The van der Waals surface area contributed by atoms with Crippen molar-refractivity contribution in [3.8, 4) is 11.5 Å². The number of aliphatic carboxylic acids is 1. The molecule has 86 valence electrons. The molecule has 1 aromatic carbocycles. The van der Waals surface area contributed by atoms with Crippen LogP contribution in [0.4, 0.5) is 0 Å². The first kappa shape index (κ1) is 11.8. The maximum atomic E-state index is 11.4. The number of nitrogens with one attached hydrogen (secondary N) is 1. The fourth-order valence-corrected chi connectivity index (χ4v) is 1.08. The highest BCUT2D eigenvalue weighted by molar-refractivity contribution is 5.96. The molecule has 0 radical (unpaired) electrons.